The minimum absolute atomic E-state index is 0.462. The molecule has 2 rings (SSSR count). The summed E-state index contributed by atoms with van der Waals surface area (Å²) in [6.45, 7) is 0. The topological polar surface area (TPSA) is 74.3 Å². The molecule has 0 amide bonds. The van der Waals surface area contributed by atoms with E-state index in [2.05, 4.69) is 0 Å². The molecule has 0 bridgehead atoms. The zero-order valence-corrected chi connectivity index (χ0v) is 22.7. The Labute approximate surface area is 234 Å². The van der Waals surface area contributed by atoms with Crippen LogP contribution in [0.2, 0.25) is 0 Å². The number of ketones is 1. The van der Waals surface area contributed by atoms with E-state index in [1.165, 1.54) is 56.5 Å². The van der Waals surface area contributed by atoms with E-state index in [1.807, 2.05) is 0 Å². The highest BCUT2D eigenvalue weighted by atomic mass is 32.2. The van der Waals surface area contributed by atoms with Crippen LogP contribution in [0.4, 0.5) is 74.6 Å². The predicted octanol–water partition coefficient (Wildman–Crippen LogP) is 7.05. The van der Waals surface area contributed by atoms with Gasteiger partial charge < -0.3 is 4.55 Å². The third-order valence-corrected chi connectivity index (χ3v) is 9.84. The summed E-state index contributed by atoms with van der Waals surface area (Å²) in [7, 11) is -7.66. The Morgan fingerprint density at radius 3 is 1.28 bits per heavy atom. The van der Waals surface area contributed by atoms with Gasteiger partial charge in [-0.05, 0) is 43.0 Å². The molecule has 4 nitrogen and oxygen atoms in total. The summed E-state index contributed by atoms with van der Waals surface area (Å²) in [6, 6.07) is 0. The molecule has 2 fully saturated rings. The van der Waals surface area contributed by atoms with E-state index in [0.29, 0.717) is 22.6 Å². The van der Waals surface area contributed by atoms with E-state index in [0.717, 1.165) is 5.75 Å². The fourth-order valence-electron chi connectivity index (χ4n) is 3.91. The molecule has 0 atom stereocenters. The van der Waals surface area contributed by atoms with Crippen molar-refractivity contribution >= 4 is 26.8 Å². The van der Waals surface area contributed by atoms with Crippen LogP contribution >= 0.6 is 0 Å². The van der Waals surface area contributed by atoms with Crippen molar-refractivity contribution in [3.63, 3.8) is 0 Å². The van der Waals surface area contributed by atoms with Crippen LogP contribution in [0.3, 0.4) is 0 Å². The van der Waals surface area contributed by atoms with Crippen LogP contribution in [-0.4, -0.2) is 83.0 Å². The van der Waals surface area contributed by atoms with Crippen molar-refractivity contribution < 1.29 is 92.4 Å². The Morgan fingerprint density at radius 1 is 0.581 bits per heavy atom. The lowest BCUT2D eigenvalue weighted by atomic mass is 9.91. The van der Waals surface area contributed by atoms with Crippen molar-refractivity contribution in [3.05, 3.63) is 0 Å². The average molecular weight is 712 g/mol. The van der Waals surface area contributed by atoms with Gasteiger partial charge in [0, 0.05) is 5.92 Å². The number of carbonyl (C=O) groups excluding carboxylic acids is 1. The molecule has 0 unspecified atom stereocenters. The number of alkyl halides is 17. The smallest absolute Gasteiger partial charge is 0.460 e. The van der Waals surface area contributed by atoms with E-state index in [4.69, 9.17) is 0 Å². The first kappa shape index (κ1) is 39.8. The normalized spacial score (nSPS) is 19.7. The largest absolute Gasteiger partial charge is 0.743 e. The fourth-order valence-corrected chi connectivity index (χ4v) is 6.71. The first-order valence-electron chi connectivity index (χ1n) is 11.7. The first-order chi connectivity index (χ1) is 18.9. The molecule has 0 spiro atoms. The Balaban J connectivity index is 0.000000541. The number of Topliss-reactive ketones (excluding diaryl/α,β-unsaturated/α-hetero) is 1. The number of hydrogen-bond acceptors (Lipinski definition) is 4. The van der Waals surface area contributed by atoms with Gasteiger partial charge in [0.2, 0.25) is 0 Å². The fraction of sp³-hybridized carbons (Fsp3) is 0.950. The maximum absolute atomic E-state index is 13.0. The van der Waals surface area contributed by atoms with Crippen LogP contribution in [0.15, 0.2) is 0 Å². The van der Waals surface area contributed by atoms with Crippen LogP contribution in [0.25, 0.3) is 0 Å². The number of halogens is 17. The maximum Gasteiger partial charge on any atom is 0.460 e. The summed E-state index contributed by atoms with van der Waals surface area (Å²) in [6.07, 6.45) is 1.24. The third kappa shape index (κ3) is 6.96. The molecule has 0 aromatic carbocycles. The quantitative estimate of drug-likeness (QED) is 0.138. The lowest BCUT2D eigenvalue weighted by molar-refractivity contribution is -0.458. The number of rotatable bonds is 10. The Kier molecular flexibility index (Phi) is 11.6. The monoisotopic (exact) mass is 712 g/mol. The maximum atomic E-state index is 13.0. The second kappa shape index (κ2) is 12.5. The minimum atomic E-state index is -8.92. The van der Waals surface area contributed by atoms with Crippen LogP contribution in [-0.2, 0) is 25.8 Å². The van der Waals surface area contributed by atoms with E-state index < -0.39 is 57.1 Å². The van der Waals surface area contributed by atoms with E-state index >= 15 is 0 Å². The predicted molar refractivity (Wildman–Crippen MR) is 113 cm³/mol. The SMILES string of the molecule is O=C(C[S+]1CCCCC1)C1CCCC1.O=S(=O)([O-])C(F)(F)C(F)(F)C(F)(F)C(F)(F)C(F)(F)C(F)(F)C(F)(F)C(F)(F)F. The summed E-state index contributed by atoms with van der Waals surface area (Å²) in [5, 5.41) is -7.95. The molecule has 23 heteroatoms. The van der Waals surface area contributed by atoms with Gasteiger partial charge in [-0.15, -0.1) is 0 Å². The van der Waals surface area contributed by atoms with Crippen molar-refractivity contribution in [1.29, 1.82) is 0 Å². The Morgan fingerprint density at radius 2 is 0.930 bits per heavy atom. The molecule has 256 valence electrons. The number of hydrogen-bond donors (Lipinski definition) is 0. The second-order valence-electron chi connectivity index (χ2n) is 9.59. The molecule has 2 aliphatic rings. The van der Waals surface area contributed by atoms with Gasteiger partial charge in [-0.25, -0.2) is 8.42 Å². The molecule has 0 radical (unpaired) electrons. The van der Waals surface area contributed by atoms with Gasteiger partial charge in [0.05, 0.1) is 0 Å². The van der Waals surface area contributed by atoms with Gasteiger partial charge in [-0.1, -0.05) is 12.8 Å². The lowest BCUT2D eigenvalue weighted by Gasteiger charge is -2.42. The summed E-state index contributed by atoms with van der Waals surface area (Å²) in [5.74, 6) is -47.4. The summed E-state index contributed by atoms with van der Waals surface area (Å²) in [4.78, 5) is 11.9. The molecule has 1 saturated heterocycles. The van der Waals surface area contributed by atoms with Gasteiger partial charge in [-0.2, -0.15) is 74.6 Å². The highest BCUT2D eigenvalue weighted by molar-refractivity contribution is 7.97. The van der Waals surface area contributed by atoms with Gasteiger partial charge in [-0.3, -0.25) is 4.79 Å². The van der Waals surface area contributed by atoms with Crippen LogP contribution in [0.1, 0.15) is 44.9 Å². The molecule has 43 heavy (non-hydrogen) atoms. The van der Waals surface area contributed by atoms with Crippen LogP contribution in [0.5, 0.6) is 0 Å². The van der Waals surface area contributed by atoms with E-state index in [9.17, 15) is 92.4 Å². The van der Waals surface area contributed by atoms with Crippen molar-refractivity contribution in [3.8, 4) is 0 Å². The standard InChI is InChI=1S/C12H21OS.C8HF17O3S/c13-12(11-6-2-3-7-11)10-14-8-4-1-5-9-14;9-1(10,3(13,14)5(17,18)7(21,22)23)2(11,12)4(15,16)6(19,20)8(24,25)29(26,27)28/h11H,1-10H2;(H,26,27,28)/q+1;/p-1. The Bertz CT molecular complexity index is 1080. The molecule has 0 N–H and O–H groups in total. The third-order valence-electron chi connectivity index (χ3n) is 6.53. The average Bonchev–Trinajstić information content (AvgIpc) is 3.38. The van der Waals surface area contributed by atoms with Crippen molar-refractivity contribution in [2.24, 2.45) is 5.92 Å². The van der Waals surface area contributed by atoms with Gasteiger partial charge in [0.15, 0.2) is 21.7 Å². The van der Waals surface area contributed by atoms with Gasteiger partial charge >= 0.3 is 47.0 Å². The molecule has 1 saturated carbocycles. The van der Waals surface area contributed by atoms with E-state index in [-0.39, 0.29) is 0 Å². The Hall–Kier alpha value is -1.26. The summed E-state index contributed by atoms with van der Waals surface area (Å²) < 4.78 is 244. The van der Waals surface area contributed by atoms with Crippen LogP contribution in [0, 0.1) is 5.92 Å². The zero-order valence-electron chi connectivity index (χ0n) is 21.0. The highest BCUT2D eigenvalue weighted by Gasteiger charge is 2.95. The molecule has 1 heterocycles. The van der Waals surface area contributed by atoms with Gasteiger partial charge in [0.25, 0.3) is 0 Å². The molecule has 0 aromatic rings. The molecular formula is C20H21F17O4S2. The van der Waals surface area contributed by atoms with Crippen molar-refractivity contribution in [2.75, 3.05) is 17.3 Å². The van der Waals surface area contributed by atoms with Crippen LogP contribution < -0.4 is 0 Å². The van der Waals surface area contributed by atoms with Crippen molar-refractivity contribution in [2.45, 2.75) is 91.9 Å². The molecular weight excluding hydrogens is 691 g/mol. The summed E-state index contributed by atoms with van der Waals surface area (Å²) in [5.41, 5.74) is 0. The number of carbonyl (C=O) groups is 1. The first-order valence-corrected chi connectivity index (χ1v) is 14.8. The molecule has 0 aromatic heterocycles. The zero-order chi connectivity index (χ0) is 34.3. The van der Waals surface area contributed by atoms with E-state index in [1.54, 1.807) is 0 Å². The second-order valence-corrected chi connectivity index (χ2v) is 13.3. The van der Waals surface area contributed by atoms with Crippen molar-refractivity contribution in [1.82, 2.24) is 0 Å². The molecule has 1 aliphatic carbocycles. The lowest BCUT2D eigenvalue weighted by Crippen LogP contribution is -2.75. The van der Waals surface area contributed by atoms with Gasteiger partial charge in [0.1, 0.15) is 11.5 Å². The summed E-state index contributed by atoms with van der Waals surface area (Å²) >= 11 is 0. The highest BCUT2D eigenvalue weighted by Crippen LogP contribution is 2.64. The minimum Gasteiger partial charge on any atom is -0.743 e. The molecule has 1 aliphatic heterocycles.